The number of rotatable bonds is 5. The molecule has 0 saturated heterocycles. The quantitative estimate of drug-likeness (QED) is 0.805. The van der Waals surface area contributed by atoms with Crippen LogP contribution < -0.4 is 5.32 Å². The Labute approximate surface area is 110 Å². The second-order valence-electron chi connectivity index (χ2n) is 3.99. The maximum Gasteiger partial charge on any atom is 0.358 e. The third-order valence-corrected chi connectivity index (χ3v) is 2.46. The van der Waals surface area contributed by atoms with E-state index in [1.807, 2.05) is 24.0 Å². The summed E-state index contributed by atoms with van der Waals surface area (Å²) in [6, 6.07) is 0. The van der Waals surface area contributed by atoms with E-state index in [4.69, 9.17) is 0 Å². The summed E-state index contributed by atoms with van der Waals surface area (Å²) in [6.07, 6.45) is 6.66. The second-order valence-corrected chi connectivity index (χ2v) is 3.99. The van der Waals surface area contributed by atoms with Crippen LogP contribution in [0.1, 0.15) is 16.1 Å². The van der Waals surface area contributed by atoms with Gasteiger partial charge in [0, 0.05) is 12.7 Å². The number of aryl methyl sites for hydroxylation is 1. The Morgan fingerprint density at radius 2 is 2.21 bits per heavy atom. The molecule has 0 amide bonds. The van der Waals surface area contributed by atoms with Gasteiger partial charge in [-0.1, -0.05) is 0 Å². The van der Waals surface area contributed by atoms with Crippen molar-refractivity contribution in [3.63, 3.8) is 0 Å². The van der Waals surface area contributed by atoms with Gasteiger partial charge < -0.3 is 10.1 Å². The van der Waals surface area contributed by atoms with Gasteiger partial charge in [0.1, 0.15) is 5.82 Å². The number of methoxy groups -OCH3 is 1. The predicted molar refractivity (Wildman–Crippen MR) is 68.8 cm³/mol. The standard InChI is InChI=1S/C12H15N5O2/c1-9-5-16-17(8-9)4-3-13-11-7-14-10(6-15-11)12(18)19-2/h5-8H,3-4H2,1-2H3,(H,13,15). The fraction of sp³-hybridized carbons (Fsp3) is 0.333. The highest BCUT2D eigenvalue weighted by Gasteiger charge is 2.06. The van der Waals surface area contributed by atoms with E-state index >= 15 is 0 Å². The number of anilines is 1. The van der Waals surface area contributed by atoms with Crippen molar-refractivity contribution in [2.24, 2.45) is 0 Å². The van der Waals surface area contributed by atoms with Crippen LogP contribution in [0.4, 0.5) is 5.82 Å². The average molecular weight is 261 g/mol. The summed E-state index contributed by atoms with van der Waals surface area (Å²) in [4.78, 5) is 19.2. The Morgan fingerprint density at radius 1 is 1.37 bits per heavy atom. The van der Waals surface area contributed by atoms with Gasteiger partial charge in [-0.2, -0.15) is 5.10 Å². The SMILES string of the molecule is COC(=O)c1cnc(NCCn2cc(C)cn2)cn1. The predicted octanol–water partition coefficient (Wildman–Crippen LogP) is 0.880. The zero-order valence-electron chi connectivity index (χ0n) is 10.8. The van der Waals surface area contributed by atoms with E-state index in [-0.39, 0.29) is 5.69 Å². The Balaban J connectivity index is 1.84. The van der Waals surface area contributed by atoms with Gasteiger partial charge in [-0.15, -0.1) is 0 Å². The minimum Gasteiger partial charge on any atom is -0.464 e. The van der Waals surface area contributed by atoms with Gasteiger partial charge in [0.25, 0.3) is 0 Å². The number of nitrogens with one attached hydrogen (secondary N) is 1. The number of carbonyl (C=O) groups excluding carboxylic acids is 1. The third-order valence-electron chi connectivity index (χ3n) is 2.46. The van der Waals surface area contributed by atoms with E-state index in [0.717, 1.165) is 12.1 Å². The Bertz CT molecular complexity index is 550. The van der Waals surface area contributed by atoms with Crippen LogP contribution in [-0.4, -0.2) is 39.4 Å². The molecule has 2 heterocycles. The van der Waals surface area contributed by atoms with Gasteiger partial charge >= 0.3 is 5.97 Å². The first-order valence-electron chi connectivity index (χ1n) is 5.82. The van der Waals surface area contributed by atoms with Crippen molar-refractivity contribution in [3.05, 3.63) is 36.0 Å². The van der Waals surface area contributed by atoms with Gasteiger partial charge in [-0.25, -0.2) is 14.8 Å². The number of nitrogens with zero attached hydrogens (tertiary/aromatic N) is 4. The van der Waals surface area contributed by atoms with E-state index in [9.17, 15) is 4.79 Å². The van der Waals surface area contributed by atoms with Crippen molar-refractivity contribution in [1.29, 1.82) is 0 Å². The summed E-state index contributed by atoms with van der Waals surface area (Å²) in [7, 11) is 1.31. The third kappa shape index (κ3) is 3.51. The molecule has 0 aliphatic heterocycles. The number of aromatic nitrogens is 4. The lowest BCUT2D eigenvalue weighted by Crippen LogP contribution is -2.12. The second kappa shape index (κ2) is 5.94. The summed E-state index contributed by atoms with van der Waals surface area (Å²) in [5.41, 5.74) is 1.32. The number of ether oxygens (including phenoxy) is 1. The van der Waals surface area contributed by atoms with Gasteiger partial charge in [-0.05, 0) is 12.5 Å². The van der Waals surface area contributed by atoms with Crippen LogP contribution in [0.2, 0.25) is 0 Å². The summed E-state index contributed by atoms with van der Waals surface area (Å²) in [5.74, 6) is 0.114. The van der Waals surface area contributed by atoms with Gasteiger partial charge in [0.05, 0.1) is 32.2 Å². The highest BCUT2D eigenvalue weighted by molar-refractivity contribution is 5.86. The van der Waals surface area contributed by atoms with Crippen LogP contribution in [-0.2, 0) is 11.3 Å². The molecule has 0 atom stereocenters. The molecule has 0 aliphatic rings. The van der Waals surface area contributed by atoms with Crippen LogP contribution in [0.25, 0.3) is 0 Å². The highest BCUT2D eigenvalue weighted by atomic mass is 16.5. The molecule has 0 radical (unpaired) electrons. The molecular formula is C12H15N5O2. The van der Waals surface area contributed by atoms with Crippen LogP contribution in [0.15, 0.2) is 24.8 Å². The maximum absolute atomic E-state index is 11.2. The van der Waals surface area contributed by atoms with E-state index in [0.29, 0.717) is 12.4 Å². The lowest BCUT2D eigenvalue weighted by atomic mass is 10.4. The molecule has 0 aromatic carbocycles. The van der Waals surface area contributed by atoms with E-state index in [1.54, 1.807) is 0 Å². The number of hydrogen-bond acceptors (Lipinski definition) is 6. The first-order valence-corrected chi connectivity index (χ1v) is 5.82. The average Bonchev–Trinajstić information content (AvgIpc) is 2.84. The minimum absolute atomic E-state index is 0.191. The van der Waals surface area contributed by atoms with Gasteiger partial charge in [0.2, 0.25) is 0 Å². The summed E-state index contributed by atoms with van der Waals surface area (Å²) >= 11 is 0. The molecule has 2 rings (SSSR count). The molecule has 0 bridgehead atoms. The molecule has 100 valence electrons. The molecule has 1 N–H and O–H groups in total. The van der Waals surface area contributed by atoms with Crippen molar-refractivity contribution in [3.8, 4) is 0 Å². The fourth-order valence-electron chi connectivity index (χ4n) is 1.52. The molecule has 0 aliphatic carbocycles. The van der Waals surface area contributed by atoms with Crippen LogP contribution in [0.5, 0.6) is 0 Å². The molecule has 0 fully saturated rings. The van der Waals surface area contributed by atoms with E-state index < -0.39 is 5.97 Å². The van der Waals surface area contributed by atoms with Crippen molar-refractivity contribution in [2.75, 3.05) is 19.0 Å². The minimum atomic E-state index is -0.494. The Kier molecular flexibility index (Phi) is 4.07. The summed E-state index contributed by atoms with van der Waals surface area (Å²) < 4.78 is 6.39. The molecule has 2 aromatic rings. The Morgan fingerprint density at radius 3 is 2.79 bits per heavy atom. The van der Waals surface area contributed by atoms with Crippen molar-refractivity contribution in [2.45, 2.75) is 13.5 Å². The molecule has 0 saturated carbocycles. The monoisotopic (exact) mass is 261 g/mol. The van der Waals surface area contributed by atoms with Gasteiger partial charge in [0.15, 0.2) is 5.69 Å². The molecule has 19 heavy (non-hydrogen) atoms. The normalized spacial score (nSPS) is 10.2. The Hall–Kier alpha value is -2.44. The summed E-state index contributed by atoms with van der Waals surface area (Å²) in [5, 5.41) is 7.27. The molecular weight excluding hydrogens is 246 g/mol. The lowest BCUT2D eigenvalue weighted by molar-refractivity contribution is 0.0593. The fourth-order valence-corrected chi connectivity index (χ4v) is 1.52. The van der Waals surface area contributed by atoms with E-state index in [2.05, 4.69) is 25.1 Å². The number of hydrogen-bond donors (Lipinski definition) is 1. The molecule has 7 nitrogen and oxygen atoms in total. The number of esters is 1. The topological polar surface area (TPSA) is 81.9 Å². The summed E-state index contributed by atoms with van der Waals surface area (Å²) in [6.45, 7) is 3.40. The lowest BCUT2D eigenvalue weighted by Gasteiger charge is -2.05. The molecule has 2 aromatic heterocycles. The van der Waals surface area contributed by atoms with Crippen LogP contribution >= 0.6 is 0 Å². The number of carbonyl (C=O) groups is 1. The van der Waals surface area contributed by atoms with Crippen molar-refractivity contribution >= 4 is 11.8 Å². The van der Waals surface area contributed by atoms with Crippen molar-refractivity contribution < 1.29 is 9.53 Å². The van der Waals surface area contributed by atoms with Gasteiger partial charge in [-0.3, -0.25) is 4.68 Å². The molecule has 7 heteroatoms. The molecule has 0 unspecified atom stereocenters. The largest absolute Gasteiger partial charge is 0.464 e. The van der Waals surface area contributed by atoms with Crippen molar-refractivity contribution in [1.82, 2.24) is 19.7 Å². The van der Waals surface area contributed by atoms with Crippen LogP contribution in [0, 0.1) is 6.92 Å². The zero-order chi connectivity index (χ0) is 13.7. The first kappa shape index (κ1) is 13.0. The molecule has 0 spiro atoms. The first-order chi connectivity index (χ1) is 9.19. The highest BCUT2D eigenvalue weighted by Crippen LogP contribution is 2.02. The van der Waals surface area contributed by atoms with Crippen LogP contribution in [0.3, 0.4) is 0 Å². The smallest absolute Gasteiger partial charge is 0.358 e. The maximum atomic E-state index is 11.2. The zero-order valence-corrected chi connectivity index (χ0v) is 10.8. The van der Waals surface area contributed by atoms with E-state index in [1.165, 1.54) is 19.5 Å².